The molecule has 1 aliphatic carbocycles. The molecule has 1 aromatic carbocycles. The summed E-state index contributed by atoms with van der Waals surface area (Å²) in [7, 11) is -3.84. The van der Waals surface area contributed by atoms with Gasteiger partial charge in [0.2, 0.25) is 10.0 Å². The highest BCUT2D eigenvalue weighted by molar-refractivity contribution is 7.89. The molecule has 1 aliphatic rings. The van der Waals surface area contributed by atoms with E-state index in [0.29, 0.717) is 29.7 Å². The van der Waals surface area contributed by atoms with E-state index in [1.54, 1.807) is 18.3 Å². The van der Waals surface area contributed by atoms with Crippen molar-refractivity contribution >= 4 is 27.5 Å². The summed E-state index contributed by atoms with van der Waals surface area (Å²) in [6, 6.07) is 6.89. The number of nitrogens with zero attached hydrogens (tertiary/aromatic N) is 5. The molecule has 180 valence electrons. The average molecular weight is 497 g/mol. The van der Waals surface area contributed by atoms with Gasteiger partial charge in [-0.2, -0.15) is 28.3 Å². The monoisotopic (exact) mass is 497 g/mol. The SMILES string of the molecule is Cc1ccc(S(=O)(=O)NC2(C#N)CCC2)cc1-c1cnc2c(N)ncnn12.O=C(O)C(F)(F)F. The molecule has 0 aliphatic heterocycles. The Kier molecular flexibility index (Phi) is 6.49. The Morgan fingerprint density at radius 2 is 1.97 bits per heavy atom. The van der Waals surface area contributed by atoms with Crippen LogP contribution >= 0.6 is 0 Å². The number of nitriles is 1. The molecule has 0 spiro atoms. The van der Waals surface area contributed by atoms with Crippen LogP contribution in [0.5, 0.6) is 0 Å². The number of hydrogen-bond acceptors (Lipinski definition) is 8. The number of imidazole rings is 1. The van der Waals surface area contributed by atoms with Crippen molar-refractivity contribution in [1.82, 2.24) is 24.3 Å². The van der Waals surface area contributed by atoms with E-state index >= 15 is 0 Å². The molecular weight excluding hydrogens is 479 g/mol. The molecule has 34 heavy (non-hydrogen) atoms. The predicted octanol–water partition coefficient (Wildman–Crippen LogP) is 2.04. The first-order valence-corrected chi connectivity index (χ1v) is 11.1. The lowest BCUT2D eigenvalue weighted by molar-refractivity contribution is -0.192. The summed E-state index contributed by atoms with van der Waals surface area (Å²) in [5.41, 5.74) is 7.33. The summed E-state index contributed by atoms with van der Waals surface area (Å²) in [4.78, 5) is 17.1. The van der Waals surface area contributed by atoms with E-state index in [2.05, 4.69) is 25.9 Å². The number of rotatable bonds is 4. The number of nitrogens with one attached hydrogen (secondary N) is 1. The van der Waals surface area contributed by atoms with Crippen LogP contribution in [-0.2, 0) is 14.8 Å². The van der Waals surface area contributed by atoms with E-state index in [1.165, 1.54) is 16.9 Å². The number of nitrogen functional groups attached to an aromatic ring is 1. The van der Waals surface area contributed by atoms with Crippen molar-refractivity contribution in [3.05, 3.63) is 36.3 Å². The van der Waals surface area contributed by atoms with E-state index in [1.807, 2.05) is 6.92 Å². The number of carbonyl (C=O) groups is 1. The standard InChI is InChI=1S/C17H17N7O2S.C2HF3O2/c1-11-3-4-12(27(25,26)23-17(9-18)5-2-6-17)7-13(11)14-8-20-16-15(19)21-10-22-24(14)16;3-2(4,5)1(6)7/h3-4,7-8,10,23H,2,5-6H2,1H3,(H2,19,21,22);(H,6,7). The molecule has 3 aromatic rings. The number of fused-ring (bicyclic) bond motifs is 1. The second kappa shape index (κ2) is 8.88. The molecule has 0 bridgehead atoms. The molecule has 0 radical (unpaired) electrons. The van der Waals surface area contributed by atoms with Gasteiger partial charge < -0.3 is 10.8 Å². The maximum absolute atomic E-state index is 12.8. The average Bonchev–Trinajstić information content (AvgIpc) is 3.16. The molecule has 0 unspecified atom stereocenters. The molecule has 0 amide bonds. The summed E-state index contributed by atoms with van der Waals surface area (Å²) >= 11 is 0. The number of nitrogens with two attached hydrogens (primary N) is 1. The molecule has 2 aromatic heterocycles. The number of anilines is 1. The minimum absolute atomic E-state index is 0.0848. The molecule has 0 atom stereocenters. The minimum atomic E-state index is -5.08. The van der Waals surface area contributed by atoms with E-state index in [0.717, 1.165) is 12.0 Å². The Labute approximate surface area is 191 Å². The van der Waals surface area contributed by atoms with Crippen molar-refractivity contribution in [3.8, 4) is 17.3 Å². The number of carboxylic acid groups (broad SMARTS) is 1. The zero-order valence-corrected chi connectivity index (χ0v) is 18.4. The van der Waals surface area contributed by atoms with Crippen LogP contribution in [0.3, 0.4) is 0 Å². The van der Waals surface area contributed by atoms with Crippen LogP contribution in [0.1, 0.15) is 24.8 Å². The summed E-state index contributed by atoms with van der Waals surface area (Å²) in [6.07, 6.45) is -0.318. The first-order chi connectivity index (χ1) is 15.8. The van der Waals surface area contributed by atoms with Crippen molar-refractivity contribution in [2.24, 2.45) is 0 Å². The third-order valence-electron chi connectivity index (χ3n) is 5.12. The van der Waals surface area contributed by atoms with Crippen LogP contribution in [0.25, 0.3) is 16.9 Å². The molecule has 4 N–H and O–H groups in total. The molecular formula is C19H18F3N7O4S. The van der Waals surface area contributed by atoms with Gasteiger partial charge in [-0.05, 0) is 43.9 Å². The van der Waals surface area contributed by atoms with Gasteiger partial charge in [0, 0.05) is 5.56 Å². The number of aryl methyl sites for hydroxylation is 1. The second-order valence-corrected chi connectivity index (χ2v) is 9.14. The molecule has 4 rings (SSSR count). The van der Waals surface area contributed by atoms with Crippen LogP contribution < -0.4 is 10.5 Å². The zero-order valence-electron chi connectivity index (χ0n) is 17.5. The summed E-state index contributed by atoms with van der Waals surface area (Å²) < 4.78 is 61.5. The van der Waals surface area contributed by atoms with E-state index in [4.69, 9.17) is 15.6 Å². The normalized spacial score (nSPS) is 15.0. The smallest absolute Gasteiger partial charge is 0.475 e. The van der Waals surface area contributed by atoms with Crippen LogP contribution in [-0.4, -0.2) is 50.8 Å². The van der Waals surface area contributed by atoms with E-state index < -0.39 is 27.7 Å². The Morgan fingerprint density at radius 1 is 1.32 bits per heavy atom. The van der Waals surface area contributed by atoms with Gasteiger partial charge in [-0.1, -0.05) is 6.07 Å². The fourth-order valence-corrected chi connectivity index (χ4v) is 4.55. The number of aliphatic carboxylic acids is 1. The van der Waals surface area contributed by atoms with Gasteiger partial charge in [0.25, 0.3) is 0 Å². The maximum Gasteiger partial charge on any atom is 0.490 e. The molecule has 2 heterocycles. The van der Waals surface area contributed by atoms with Crippen LogP contribution in [0.4, 0.5) is 19.0 Å². The summed E-state index contributed by atoms with van der Waals surface area (Å²) in [5, 5.41) is 20.6. The maximum atomic E-state index is 12.8. The number of carboxylic acids is 1. The van der Waals surface area contributed by atoms with E-state index in [9.17, 15) is 26.9 Å². The van der Waals surface area contributed by atoms with Gasteiger partial charge >= 0.3 is 12.1 Å². The van der Waals surface area contributed by atoms with Crippen molar-refractivity contribution in [1.29, 1.82) is 5.26 Å². The molecule has 1 fully saturated rings. The fourth-order valence-electron chi connectivity index (χ4n) is 3.15. The molecule has 11 nitrogen and oxygen atoms in total. The Hall–Kier alpha value is -3.77. The number of aromatic nitrogens is 4. The molecule has 15 heteroatoms. The Bertz CT molecular complexity index is 1390. The van der Waals surface area contributed by atoms with Crippen molar-refractivity contribution in [3.63, 3.8) is 0 Å². The van der Waals surface area contributed by atoms with Crippen LogP contribution in [0.2, 0.25) is 0 Å². The molecule has 0 saturated heterocycles. The van der Waals surface area contributed by atoms with Gasteiger partial charge in [-0.3, -0.25) is 0 Å². The highest BCUT2D eigenvalue weighted by atomic mass is 32.2. The van der Waals surface area contributed by atoms with Crippen molar-refractivity contribution in [2.75, 3.05) is 5.73 Å². The number of hydrogen-bond donors (Lipinski definition) is 3. The number of benzene rings is 1. The van der Waals surface area contributed by atoms with Gasteiger partial charge in [-0.15, -0.1) is 0 Å². The first-order valence-electron chi connectivity index (χ1n) is 9.60. The Balaban J connectivity index is 0.000000406. The van der Waals surface area contributed by atoms with Gasteiger partial charge in [0.15, 0.2) is 11.5 Å². The number of alkyl halides is 3. The number of sulfonamides is 1. The van der Waals surface area contributed by atoms with Gasteiger partial charge in [0.05, 0.1) is 22.9 Å². The minimum Gasteiger partial charge on any atom is -0.475 e. The second-order valence-electron chi connectivity index (χ2n) is 7.46. The van der Waals surface area contributed by atoms with Crippen molar-refractivity contribution in [2.45, 2.75) is 42.8 Å². The van der Waals surface area contributed by atoms with Gasteiger partial charge in [-0.25, -0.2) is 27.7 Å². The largest absolute Gasteiger partial charge is 0.490 e. The third-order valence-corrected chi connectivity index (χ3v) is 6.65. The molecule has 1 saturated carbocycles. The van der Waals surface area contributed by atoms with Crippen LogP contribution in [0, 0.1) is 18.3 Å². The predicted molar refractivity (Wildman–Crippen MR) is 112 cm³/mol. The highest BCUT2D eigenvalue weighted by Gasteiger charge is 2.41. The van der Waals surface area contributed by atoms with Crippen molar-refractivity contribution < 1.29 is 31.5 Å². The summed E-state index contributed by atoms with van der Waals surface area (Å²) in [5.74, 6) is -2.52. The van der Waals surface area contributed by atoms with Gasteiger partial charge in [0.1, 0.15) is 11.9 Å². The lowest BCUT2D eigenvalue weighted by Gasteiger charge is -2.35. The van der Waals surface area contributed by atoms with E-state index in [-0.39, 0.29) is 10.7 Å². The lowest BCUT2D eigenvalue weighted by Crippen LogP contribution is -2.52. The zero-order chi connectivity index (χ0) is 25.3. The highest BCUT2D eigenvalue weighted by Crippen LogP contribution is 2.33. The topological polar surface area (TPSA) is 176 Å². The summed E-state index contributed by atoms with van der Waals surface area (Å²) in [6.45, 7) is 1.87. The number of halogens is 3. The fraction of sp³-hybridized carbons (Fsp3) is 0.316. The lowest BCUT2D eigenvalue weighted by atomic mass is 9.79. The van der Waals surface area contributed by atoms with Crippen LogP contribution in [0.15, 0.2) is 35.6 Å². The quantitative estimate of drug-likeness (QED) is 0.487. The Morgan fingerprint density at radius 3 is 2.50 bits per heavy atom. The third kappa shape index (κ3) is 4.92. The first kappa shape index (κ1) is 24.9.